The van der Waals surface area contributed by atoms with E-state index in [0.29, 0.717) is 35.6 Å². The maximum Gasteiger partial charge on any atom is 0.164 e. The fourth-order valence-corrected chi connectivity index (χ4v) is 4.44. The number of halogens is 2. The fraction of sp³-hybridized carbons (Fsp3) is 0.304. The Morgan fingerprint density at radius 3 is 2.84 bits per heavy atom. The fourth-order valence-electron chi connectivity index (χ4n) is 4.01. The molecule has 0 bridgehead atoms. The zero-order chi connectivity index (χ0) is 22.2. The average Bonchev–Trinajstić information content (AvgIpc) is 3.39. The maximum absolute atomic E-state index is 6.29. The van der Waals surface area contributed by atoms with Gasteiger partial charge in [-0.1, -0.05) is 17.7 Å². The molecule has 2 fully saturated rings. The number of nitrogens with zero attached hydrogens (tertiary/aromatic N) is 2. The third-order valence-electron chi connectivity index (χ3n) is 5.66. The molecular formula is C23H21BrClN3O4. The molecule has 32 heavy (non-hydrogen) atoms. The summed E-state index contributed by atoms with van der Waals surface area (Å²) in [5, 5.41) is 4.70. The van der Waals surface area contributed by atoms with Gasteiger partial charge in [0, 0.05) is 21.6 Å². The standard InChI is InChI=1S/C23H21BrClN3O4/c1-3-12-9-30-22-20(10-31-21(12)22)32-19-8-17-14(7-18(19)29-2)23(27-11-26-17)28-13-4-5-15(24)16(25)6-13/h3-8,11,20-22H,9-10H2,1-2H3,(H,26,27,28)/b12-3+/t20-,21+,22+/m0/s1. The van der Waals surface area contributed by atoms with Gasteiger partial charge in [0.15, 0.2) is 17.6 Å². The predicted octanol–water partition coefficient (Wildman–Crippen LogP) is 5.29. The molecule has 5 rings (SSSR count). The molecule has 1 aromatic heterocycles. The molecule has 0 unspecified atom stereocenters. The summed E-state index contributed by atoms with van der Waals surface area (Å²) < 4.78 is 24.6. The van der Waals surface area contributed by atoms with Gasteiger partial charge in [-0.2, -0.15) is 0 Å². The van der Waals surface area contributed by atoms with Gasteiger partial charge in [0.25, 0.3) is 0 Å². The number of anilines is 2. The summed E-state index contributed by atoms with van der Waals surface area (Å²) in [4.78, 5) is 8.83. The second kappa shape index (κ2) is 8.86. The second-order valence-electron chi connectivity index (χ2n) is 7.55. The van der Waals surface area contributed by atoms with Crippen molar-refractivity contribution in [2.24, 2.45) is 0 Å². The molecule has 2 aromatic carbocycles. The van der Waals surface area contributed by atoms with Gasteiger partial charge in [-0.3, -0.25) is 0 Å². The molecule has 7 nitrogen and oxygen atoms in total. The monoisotopic (exact) mass is 517 g/mol. The van der Waals surface area contributed by atoms with Crippen molar-refractivity contribution in [2.75, 3.05) is 25.6 Å². The quantitative estimate of drug-likeness (QED) is 0.460. The van der Waals surface area contributed by atoms with Crippen molar-refractivity contribution < 1.29 is 18.9 Å². The van der Waals surface area contributed by atoms with E-state index >= 15 is 0 Å². The van der Waals surface area contributed by atoms with Crippen molar-refractivity contribution in [3.8, 4) is 11.5 Å². The second-order valence-corrected chi connectivity index (χ2v) is 8.81. The van der Waals surface area contributed by atoms with Crippen LogP contribution in [-0.2, 0) is 9.47 Å². The summed E-state index contributed by atoms with van der Waals surface area (Å²) in [7, 11) is 1.61. The Balaban J connectivity index is 1.45. The van der Waals surface area contributed by atoms with E-state index in [4.69, 9.17) is 30.5 Å². The van der Waals surface area contributed by atoms with E-state index in [2.05, 4.69) is 31.2 Å². The summed E-state index contributed by atoms with van der Waals surface area (Å²) in [6, 6.07) is 9.34. The van der Waals surface area contributed by atoms with E-state index in [0.717, 1.165) is 26.6 Å². The van der Waals surface area contributed by atoms with Crippen LogP contribution in [0.3, 0.4) is 0 Å². The number of hydrogen-bond donors (Lipinski definition) is 1. The molecule has 0 aliphatic carbocycles. The van der Waals surface area contributed by atoms with Crippen LogP contribution in [0.2, 0.25) is 5.02 Å². The first-order chi connectivity index (χ1) is 15.6. The summed E-state index contributed by atoms with van der Waals surface area (Å²) in [5.74, 6) is 1.80. The first kappa shape index (κ1) is 21.5. The molecule has 3 atom stereocenters. The molecule has 9 heteroatoms. The normalized spacial score (nSPS) is 23.5. The number of benzene rings is 2. The van der Waals surface area contributed by atoms with Crippen molar-refractivity contribution >= 4 is 49.9 Å². The highest BCUT2D eigenvalue weighted by atomic mass is 79.9. The molecule has 2 saturated heterocycles. The number of ether oxygens (including phenoxy) is 4. The largest absolute Gasteiger partial charge is 0.493 e. The number of allylic oxidation sites excluding steroid dienone is 1. The van der Waals surface area contributed by atoms with E-state index < -0.39 is 0 Å². The highest BCUT2D eigenvalue weighted by Gasteiger charge is 2.46. The van der Waals surface area contributed by atoms with Gasteiger partial charge in [-0.25, -0.2) is 9.97 Å². The molecule has 0 amide bonds. The van der Waals surface area contributed by atoms with Gasteiger partial charge < -0.3 is 24.3 Å². The minimum Gasteiger partial charge on any atom is -0.493 e. The van der Waals surface area contributed by atoms with Crippen molar-refractivity contribution in [1.29, 1.82) is 0 Å². The van der Waals surface area contributed by atoms with Crippen LogP contribution < -0.4 is 14.8 Å². The molecule has 3 heterocycles. The highest BCUT2D eigenvalue weighted by Crippen LogP contribution is 2.39. The molecule has 0 spiro atoms. The van der Waals surface area contributed by atoms with Gasteiger partial charge in [0.05, 0.1) is 30.9 Å². The molecule has 2 aliphatic heterocycles. The van der Waals surface area contributed by atoms with Gasteiger partial charge in [-0.05, 0) is 52.7 Å². The summed E-state index contributed by atoms with van der Waals surface area (Å²) >= 11 is 9.63. The minimum atomic E-state index is -0.229. The van der Waals surface area contributed by atoms with Crippen LogP contribution in [0.1, 0.15) is 6.92 Å². The van der Waals surface area contributed by atoms with Crippen LogP contribution in [0, 0.1) is 0 Å². The van der Waals surface area contributed by atoms with Crippen LogP contribution in [0.25, 0.3) is 10.9 Å². The number of rotatable bonds is 5. The van der Waals surface area contributed by atoms with Crippen LogP contribution in [0.4, 0.5) is 11.5 Å². The third-order valence-corrected chi connectivity index (χ3v) is 6.90. The van der Waals surface area contributed by atoms with Crippen LogP contribution in [-0.4, -0.2) is 48.6 Å². The lowest BCUT2D eigenvalue weighted by atomic mass is 10.1. The number of nitrogens with one attached hydrogen (secondary N) is 1. The lowest BCUT2D eigenvalue weighted by Gasteiger charge is -2.20. The van der Waals surface area contributed by atoms with Gasteiger partial charge in [0.2, 0.25) is 0 Å². The highest BCUT2D eigenvalue weighted by molar-refractivity contribution is 9.10. The molecule has 2 aliphatic rings. The Labute approximate surface area is 198 Å². The Bertz CT molecular complexity index is 1210. The zero-order valence-electron chi connectivity index (χ0n) is 17.5. The van der Waals surface area contributed by atoms with Crippen LogP contribution in [0.15, 0.2) is 52.8 Å². The van der Waals surface area contributed by atoms with E-state index in [1.54, 1.807) is 7.11 Å². The molecule has 166 valence electrons. The number of fused-ring (bicyclic) bond motifs is 2. The zero-order valence-corrected chi connectivity index (χ0v) is 19.8. The van der Waals surface area contributed by atoms with Crippen molar-refractivity contribution in [1.82, 2.24) is 9.97 Å². The Hall–Kier alpha value is -2.39. The van der Waals surface area contributed by atoms with E-state index in [-0.39, 0.29) is 18.3 Å². The number of aromatic nitrogens is 2. The molecule has 3 aromatic rings. The smallest absolute Gasteiger partial charge is 0.164 e. The van der Waals surface area contributed by atoms with Crippen molar-refractivity contribution in [3.63, 3.8) is 0 Å². The predicted molar refractivity (Wildman–Crippen MR) is 126 cm³/mol. The average molecular weight is 519 g/mol. The summed E-state index contributed by atoms with van der Waals surface area (Å²) in [6.45, 7) is 3.02. The third kappa shape index (κ3) is 3.92. The first-order valence-corrected chi connectivity index (χ1v) is 11.3. The molecule has 0 saturated carbocycles. The first-order valence-electron chi connectivity index (χ1n) is 10.2. The van der Waals surface area contributed by atoms with E-state index in [1.807, 2.05) is 43.3 Å². The van der Waals surface area contributed by atoms with Crippen LogP contribution >= 0.6 is 27.5 Å². The van der Waals surface area contributed by atoms with Gasteiger partial charge in [0.1, 0.15) is 24.4 Å². The number of methoxy groups -OCH3 is 1. The van der Waals surface area contributed by atoms with Gasteiger partial charge >= 0.3 is 0 Å². The Morgan fingerprint density at radius 1 is 1.19 bits per heavy atom. The Morgan fingerprint density at radius 2 is 2.06 bits per heavy atom. The van der Waals surface area contributed by atoms with Crippen LogP contribution in [0.5, 0.6) is 11.5 Å². The number of hydrogen-bond acceptors (Lipinski definition) is 7. The summed E-state index contributed by atoms with van der Waals surface area (Å²) in [5.41, 5.74) is 2.69. The van der Waals surface area contributed by atoms with Gasteiger partial charge in [-0.15, -0.1) is 0 Å². The molecule has 0 radical (unpaired) electrons. The SMILES string of the molecule is C/C=C1\CO[C@@H]2[C@@H](Oc3cc4ncnc(Nc5ccc(Br)c(Cl)c5)c4cc3OC)CO[C@H]12. The lowest BCUT2D eigenvalue weighted by Crippen LogP contribution is -2.32. The molecule has 1 N–H and O–H groups in total. The summed E-state index contributed by atoms with van der Waals surface area (Å²) in [6.07, 6.45) is 3.15. The van der Waals surface area contributed by atoms with E-state index in [1.165, 1.54) is 6.33 Å². The minimum absolute atomic E-state index is 0.0488. The lowest BCUT2D eigenvalue weighted by molar-refractivity contribution is 0.0303. The van der Waals surface area contributed by atoms with Crippen molar-refractivity contribution in [3.05, 3.63) is 57.8 Å². The topological polar surface area (TPSA) is 74.7 Å². The molecular weight excluding hydrogens is 498 g/mol. The van der Waals surface area contributed by atoms with E-state index in [9.17, 15) is 0 Å². The maximum atomic E-state index is 6.29. The Kier molecular flexibility index (Phi) is 5.94. The van der Waals surface area contributed by atoms with Crippen molar-refractivity contribution in [2.45, 2.75) is 25.2 Å².